The van der Waals surface area contributed by atoms with Crippen LogP contribution in [0.3, 0.4) is 0 Å². The molecule has 5 nitrogen and oxygen atoms in total. The first kappa shape index (κ1) is 16.6. The monoisotopic (exact) mass is 288 g/mol. The van der Waals surface area contributed by atoms with Gasteiger partial charge in [-0.25, -0.2) is 0 Å². The number of aromatic hydroxyl groups is 1. The van der Waals surface area contributed by atoms with Gasteiger partial charge in [0.05, 0.1) is 6.61 Å². The summed E-state index contributed by atoms with van der Waals surface area (Å²) in [4.78, 5) is 11.8. The molecule has 0 aromatic heterocycles. The van der Waals surface area contributed by atoms with Gasteiger partial charge in [0.2, 0.25) is 0 Å². The molecule has 0 bridgehead atoms. The molecule has 1 amide bonds. The van der Waals surface area contributed by atoms with E-state index in [0.717, 1.165) is 12.8 Å². The molecule has 0 radical (unpaired) electrons. The van der Waals surface area contributed by atoms with Crippen molar-refractivity contribution in [3.05, 3.63) is 29.3 Å². The van der Waals surface area contributed by atoms with Gasteiger partial charge >= 0.3 is 0 Å². The van der Waals surface area contributed by atoms with E-state index >= 15 is 0 Å². The molecular formula is C16H20N2O3. The summed E-state index contributed by atoms with van der Waals surface area (Å²) in [7, 11) is 0. The summed E-state index contributed by atoms with van der Waals surface area (Å²) in [5.74, 6) is -0.0354. The summed E-state index contributed by atoms with van der Waals surface area (Å²) in [6, 6.07) is 6.57. The number of nitrogens with one attached hydrogen (secondary N) is 1. The van der Waals surface area contributed by atoms with E-state index in [-0.39, 0.29) is 11.3 Å². The molecule has 5 heteroatoms. The lowest BCUT2D eigenvalue weighted by molar-refractivity contribution is -0.117. The second-order valence-corrected chi connectivity index (χ2v) is 4.44. The Bertz CT molecular complexity index is 559. The highest BCUT2D eigenvalue weighted by molar-refractivity contribution is 6.01. The molecule has 1 aromatic carbocycles. The number of carbonyl (C=O) groups is 1. The van der Waals surface area contributed by atoms with Crippen molar-refractivity contribution in [3.63, 3.8) is 0 Å². The first-order valence-corrected chi connectivity index (χ1v) is 6.98. The van der Waals surface area contributed by atoms with Gasteiger partial charge in [-0.15, -0.1) is 0 Å². The predicted octanol–water partition coefficient (Wildman–Crippen LogP) is 2.61. The van der Waals surface area contributed by atoms with E-state index in [0.29, 0.717) is 24.5 Å². The van der Waals surface area contributed by atoms with Gasteiger partial charge in [-0.05, 0) is 37.1 Å². The Kier molecular flexibility index (Phi) is 6.82. The van der Waals surface area contributed by atoms with Crippen LogP contribution in [0.2, 0.25) is 0 Å². The summed E-state index contributed by atoms with van der Waals surface area (Å²) in [5, 5.41) is 21.4. The van der Waals surface area contributed by atoms with Gasteiger partial charge in [-0.1, -0.05) is 19.4 Å². The quantitative estimate of drug-likeness (QED) is 0.459. The minimum atomic E-state index is -0.392. The minimum absolute atomic E-state index is 0.0271. The molecule has 0 unspecified atom stereocenters. The van der Waals surface area contributed by atoms with E-state index in [9.17, 15) is 9.90 Å². The number of nitrogens with zero attached hydrogens (tertiary/aromatic N) is 1. The van der Waals surface area contributed by atoms with E-state index in [4.69, 9.17) is 10.00 Å². The molecule has 0 aliphatic rings. The molecule has 1 rings (SSSR count). The second kappa shape index (κ2) is 8.64. The lowest BCUT2D eigenvalue weighted by atomic mass is 10.1. The molecule has 0 aliphatic carbocycles. The van der Waals surface area contributed by atoms with Gasteiger partial charge in [0.25, 0.3) is 5.91 Å². The molecule has 21 heavy (non-hydrogen) atoms. The molecule has 0 saturated carbocycles. The van der Waals surface area contributed by atoms with Crippen LogP contribution in [0, 0.1) is 11.3 Å². The van der Waals surface area contributed by atoms with Gasteiger partial charge in [-0.2, -0.15) is 5.26 Å². The van der Waals surface area contributed by atoms with Gasteiger partial charge < -0.3 is 15.2 Å². The molecule has 0 atom stereocenters. The first-order chi connectivity index (χ1) is 10.1. The summed E-state index contributed by atoms with van der Waals surface area (Å²) < 4.78 is 5.27. The predicted molar refractivity (Wildman–Crippen MR) is 80.8 cm³/mol. The Morgan fingerprint density at radius 2 is 2.24 bits per heavy atom. The zero-order valence-electron chi connectivity index (χ0n) is 12.3. The molecule has 1 aromatic rings. The van der Waals surface area contributed by atoms with E-state index in [2.05, 4.69) is 5.32 Å². The highest BCUT2D eigenvalue weighted by atomic mass is 16.5. The van der Waals surface area contributed by atoms with E-state index < -0.39 is 5.91 Å². The topological polar surface area (TPSA) is 82.4 Å². The van der Waals surface area contributed by atoms with E-state index in [1.54, 1.807) is 12.1 Å². The van der Waals surface area contributed by atoms with Crippen LogP contribution in [0.15, 0.2) is 23.8 Å². The van der Waals surface area contributed by atoms with Crippen molar-refractivity contribution in [3.8, 4) is 17.6 Å². The Balaban J connectivity index is 2.90. The average Bonchev–Trinajstić information content (AvgIpc) is 2.48. The fraction of sp³-hybridized carbons (Fsp3) is 0.375. The molecule has 0 aliphatic heterocycles. The number of ether oxygens (including phenoxy) is 1. The third-order valence-corrected chi connectivity index (χ3v) is 2.78. The van der Waals surface area contributed by atoms with E-state index in [1.165, 1.54) is 12.1 Å². The van der Waals surface area contributed by atoms with Crippen LogP contribution >= 0.6 is 0 Å². The number of unbranched alkanes of at least 4 members (excludes halogenated alkanes) is 1. The fourth-order valence-electron chi connectivity index (χ4n) is 1.68. The van der Waals surface area contributed by atoms with Crippen molar-refractivity contribution in [1.29, 1.82) is 5.26 Å². The number of hydrogen-bond donors (Lipinski definition) is 2. The van der Waals surface area contributed by atoms with Gasteiger partial charge in [0.1, 0.15) is 11.6 Å². The van der Waals surface area contributed by atoms with Crippen molar-refractivity contribution in [2.45, 2.75) is 26.7 Å². The lowest BCUT2D eigenvalue weighted by Crippen LogP contribution is -2.25. The van der Waals surface area contributed by atoms with Crippen molar-refractivity contribution in [2.75, 3.05) is 13.2 Å². The normalized spacial score (nSPS) is 10.8. The van der Waals surface area contributed by atoms with Gasteiger partial charge in [0, 0.05) is 6.54 Å². The number of benzene rings is 1. The highest BCUT2D eigenvalue weighted by Gasteiger charge is 2.09. The molecule has 0 heterocycles. The van der Waals surface area contributed by atoms with Crippen LogP contribution in [-0.4, -0.2) is 24.2 Å². The largest absolute Gasteiger partial charge is 0.504 e. The number of phenolic OH excluding ortho intramolecular Hbond substituents is 1. The third-order valence-electron chi connectivity index (χ3n) is 2.78. The number of hydrogen-bond acceptors (Lipinski definition) is 4. The highest BCUT2D eigenvalue weighted by Crippen LogP contribution is 2.27. The van der Waals surface area contributed by atoms with Crippen molar-refractivity contribution in [2.24, 2.45) is 0 Å². The van der Waals surface area contributed by atoms with Crippen LogP contribution in [0.1, 0.15) is 32.3 Å². The summed E-state index contributed by atoms with van der Waals surface area (Å²) in [6.45, 7) is 4.81. The van der Waals surface area contributed by atoms with Gasteiger partial charge in [0.15, 0.2) is 11.5 Å². The molecule has 112 valence electrons. The maximum Gasteiger partial charge on any atom is 0.261 e. The number of amides is 1. The number of phenols is 1. The van der Waals surface area contributed by atoms with Crippen LogP contribution < -0.4 is 10.1 Å². The maximum atomic E-state index is 11.8. The minimum Gasteiger partial charge on any atom is -0.504 e. The Labute approximate surface area is 124 Å². The molecule has 0 fully saturated rings. The zero-order chi connectivity index (χ0) is 15.7. The Hall–Kier alpha value is -2.48. The molecule has 0 saturated heterocycles. The summed E-state index contributed by atoms with van der Waals surface area (Å²) in [5.41, 5.74) is 0.651. The Morgan fingerprint density at radius 3 is 2.86 bits per heavy atom. The number of nitriles is 1. The first-order valence-electron chi connectivity index (χ1n) is 6.98. The second-order valence-electron chi connectivity index (χ2n) is 4.44. The summed E-state index contributed by atoms with van der Waals surface area (Å²) in [6.07, 6.45) is 3.32. The van der Waals surface area contributed by atoms with Crippen molar-refractivity contribution in [1.82, 2.24) is 5.32 Å². The zero-order valence-corrected chi connectivity index (χ0v) is 12.3. The van der Waals surface area contributed by atoms with Crippen molar-refractivity contribution < 1.29 is 14.6 Å². The van der Waals surface area contributed by atoms with Crippen LogP contribution in [0.5, 0.6) is 11.5 Å². The number of carbonyl (C=O) groups excluding carboxylic acids is 1. The third kappa shape index (κ3) is 5.19. The lowest BCUT2D eigenvalue weighted by Gasteiger charge is -2.07. The molecule has 0 spiro atoms. The SMILES string of the molecule is CCCCNC(=O)/C(C#N)=C/c1ccc(O)c(OCC)c1. The van der Waals surface area contributed by atoms with Gasteiger partial charge in [-0.3, -0.25) is 4.79 Å². The fourth-order valence-corrected chi connectivity index (χ4v) is 1.68. The maximum absolute atomic E-state index is 11.8. The van der Waals surface area contributed by atoms with Crippen molar-refractivity contribution >= 4 is 12.0 Å². The van der Waals surface area contributed by atoms with Crippen LogP contribution in [0.4, 0.5) is 0 Å². The summed E-state index contributed by atoms with van der Waals surface area (Å²) >= 11 is 0. The molecular weight excluding hydrogens is 268 g/mol. The standard InChI is InChI=1S/C16H20N2O3/c1-3-5-8-18-16(20)13(11-17)9-12-6-7-14(19)15(10-12)21-4-2/h6-7,9-10,19H,3-5,8H2,1-2H3,(H,18,20)/b13-9+. The number of rotatable bonds is 7. The van der Waals surface area contributed by atoms with Crippen LogP contribution in [0.25, 0.3) is 6.08 Å². The van der Waals surface area contributed by atoms with Crippen LogP contribution in [-0.2, 0) is 4.79 Å². The average molecular weight is 288 g/mol. The molecule has 2 N–H and O–H groups in total. The Morgan fingerprint density at radius 1 is 1.48 bits per heavy atom. The van der Waals surface area contributed by atoms with E-state index in [1.807, 2.05) is 19.9 Å². The smallest absolute Gasteiger partial charge is 0.261 e.